The van der Waals surface area contributed by atoms with Crippen LogP contribution in [0.15, 0.2) is 180 Å². The summed E-state index contributed by atoms with van der Waals surface area (Å²) in [6.45, 7) is 2.17. The first-order valence-electron chi connectivity index (χ1n) is 19.1. The van der Waals surface area contributed by atoms with Crippen LogP contribution in [0.5, 0.6) is 0 Å². The van der Waals surface area contributed by atoms with E-state index < -0.39 is 0 Å². The SMILES string of the molecule is Cc1cccc2cc(-c3ccc4c(ccc5cc(-c6cccc(-c7nc8ccccc8c8c7ccc7c9ccccc9oc78)c6)ccc54)c3)c3cccnc3c12. The average molecular weight is 713 g/mol. The Balaban J connectivity index is 0.968. The topological polar surface area (TPSA) is 38.9 Å². The van der Waals surface area contributed by atoms with Crippen molar-refractivity contribution >= 4 is 86.8 Å². The molecule has 12 rings (SSSR count). The van der Waals surface area contributed by atoms with E-state index in [1.807, 2.05) is 24.4 Å². The van der Waals surface area contributed by atoms with Crippen molar-refractivity contribution in [3.05, 3.63) is 182 Å². The lowest BCUT2D eigenvalue weighted by molar-refractivity contribution is 0.673. The molecular formula is C53H32N2O. The molecule has 0 aliphatic heterocycles. The van der Waals surface area contributed by atoms with Gasteiger partial charge in [-0.1, -0.05) is 121 Å². The maximum Gasteiger partial charge on any atom is 0.144 e. The summed E-state index contributed by atoms with van der Waals surface area (Å²) in [5.41, 5.74) is 11.8. The first kappa shape index (κ1) is 31.0. The quantitative estimate of drug-likeness (QED) is 0.171. The number of pyridine rings is 2. The number of benzene rings is 9. The average Bonchev–Trinajstić information content (AvgIpc) is 3.64. The fourth-order valence-corrected chi connectivity index (χ4v) is 9.13. The molecule has 260 valence electrons. The smallest absolute Gasteiger partial charge is 0.144 e. The predicted molar refractivity (Wildman–Crippen MR) is 235 cm³/mol. The van der Waals surface area contributed by atoms with E-state index >= 15 is 0 Å². The Hall–Kier alpha value is -7.36. The van der Waals surface area contributed by atoms with Crippen LogP contribution in [-0.4, -0.2) is 9.97 Å². The number of hydrogen-bond acceptors (Lipinski definition) is 3. The lowest BCUT2D eigenvalue weighted by Gasteiger charge is -2.14. The van der Waals surface area contributed by atoms with Gasteiger partial charge in [0.2, 0.25) is 0 Å². The van der Waals surface area contributed by atoms with Crippen molar-refractivity contribution < 1.29 is 4.42 Å². The zero-order chi connectivity index (χ0) is 36.9. The summed E-state index contributed by atoms with van der Waals surface area (Å²) in [5.74, 6) is 0. The number of furan rings is 1. The van der Waals surface area contributed by atoms with Gasteiger partial charge in [-0.15, -0.1) is 0 Å². The third-order valence-corrected chi connectivity index (χ3v) is 11.8. The molecule has 0 bridgehead atoms. The zero-order valence-corrected chi connectivity index (χ0v) is 30.5. The Morgan fingerprint density at radius 3 is 2.02 bits per heavy atom. The van der Waals surface area contributed by atoms with Crippen molar-refractivity contribution in [1.29, 1.82) is 0 Å². The minimum atomic E-state index is 0.898. The molecule has 3 nitrogen and oxygen atoms in total. The lowest BCUT2D eigenvalue weighted by atomic mass is 9.91. The van der Waals surface area contributed by atoms with Crippen molar-refractivity contribution in [2.24, 2.45) is 0 Å². The summed E-state index contributed by atoms with van der Waals surface area (Å²) < 4.78 is 6.56. The second-order valence-electron chi connectivity index (χ2n) is 15.0. The maximum absolute atomic E-state index is 6.56. The Morgan fingerprint density at radius 2 is 1.12 bits per heavy atom. The van der Waals surface area contributed by atoms with Crippen LogP contribution in [0.25, 0.3) is 120 Å². The monoisotopic (exact) mass is 712 g/mol. The number of aryl methyl sites for hydroxylation is 1. The highest BCUT2D eigenvalue weighted by Crippen LogP contribution is 2.42. The van der Waals surface area contributed by atoms with Crippen LogP contribution in [0.2, 0.25) is 0 Å². The lowest BCUT2D eigenvalue weighted by Crippen LogP contribution is -1.91. The van der Waals surface area contributed by atoms with E-state index in [0.717, 1.165) is 66.0 Å². The molecule has 0 spiro atoms. The second-order valence-corrected chi connectivity index (χ2v) is 15.0. The summed E-state index contributed by atoms with van der Waals surface area (Å²) in [6.07, 6.45) is 1.90. The molecule has 3 aromatic heterocycles. The number of rotatable bonds is 3. The van der Waals surface area contributed by atoms with E-state index in [2.05, 4.69) is 159 Å². The maximum atomic E-state index is 6.56. The molecule has 0 saturated heterocycles. The first-order valence-corrected chi connectivity index (χ1v) is 19.1. The van der Waals surface area contributed by atoms with E-state index in [1.54, 1.807) is 0 Å². The molecule has 0 unspecified atom stereocenters. The number of para-hydroxylation sites is 2. The minimum Gasteiger partial charge on any atom is -0.455 e. The number of fused-ring (bicyclic) bond motifs is 13. The van der Waals surface area contributed by atoms with Crippen molar-refractivity contribution in [3.63, 3.8) is 0 Å². The normalized spacial score (nSPS) is 12.0. The zero-order valence-electron chi connectivity index (χ0n) is 30.5. The molecule has 0 aliphatic rings. The minimum absolute atomic E-state index is 0.898. The van der Waals surface area contributed by atoms with E-state index in [9.17, 15) is 0 Å². The van der Waals surface area contributed by atoms with Gasteiger partial charge in [0.05, 0.1) is 16.7 Å². The number of nitrogens with zero attached hydrogens (tertiary/aromatic N) is 2. The van der Waals surface area contributed by atoms with E-state index in [-0.39, 0.29) is 0 Å². The van der Waals surface area contributed by atoms with Crippen LogP contribution in [0.1, 0.15) is 5.56 Å². The van der Waals surface area contributed by atoms with Gasteiger partial charge in [0.1, 0.15) is 11.2 Å². The van der Waals surface area contributed by atoms with Crippen LogP contribution >= 0.6 is 0 Å². The fourth-order valence-electron chi connectivity index (χ4n) is 9.13. The van der Waals surface area contributed by atoms with Gasteiger partial charge in [0.15, 0.2) is 0 Å². The summed E-state index contributed by atoms with van der Waals surface area (Å²) in [6, 6.07) is 61.2. The Bertz CT molecular complexity index is 3610. The molecule has 0 amide bonds. The van der Waals surface area contributed by atoms with Crippen LogP contribution < -0.4 is 0 Å². The van der Waals surface area contributed by atoms with E-state index in [0.29, 0.717) is 0 Å². The van der Waals surface area contributed by atoms with Crippen molar-refractivity contribution in [2.75, 3.05) is 0 Å². The van der Waals surface area contributed by atoms with Gasteiger partial charge in [-0.25, -0.2) is 4.98 Å². The van der Waals surface area contributed by atoms with Crippen LogP contribution in [0.4, 0.5) is 0 Å². The molecule has 0 saturated carbocycles. The Labute approximate surface area is 322 Å². The fraction of sp³-hybridized carbons (Fsp3) is 0.0189. The highest BCUT2D eigenvalue weighted by atomic mass is 16.3. The molecule has 0 N–H and O–H groups in total. The van der Waals surface area contributed by atoms with E-state index in [1.165, 1.54) is 60.0 Å². The third-order valence-electron chi connectivity index (χ3n) is 11.8. The van der Waals surface area contributed by atoms with Crippen molar-refractivity contribution in [3.8, 4) is 33.5 Å². The van der Waals surface area contributed by atoms with Gasteiger partial charge in [-0.3, -0.25) is 4.98 Å². The van der Waals surface area contributed by atoms with Gasteiger partial charge < -0.3 is 4.42 Å². The first-order chi connectivity index (χ1) is 27.7. The Morgan fingerprint density at radius 1 is 0.429 bits per heavy atom. The largest absolute Gasteiger partial charge is 0.455 e. The van der Waals surface area contributed by atoms with Crippen LogP contribution in [-0.2, 0) is 0 Å². The predicted octanol–water partition coefficient (Wildman–Crippen LogP) is 14.6. The molecular weight excluding hydrogens is 681 g/mol. The molecule has 0 fully saturated rings. The Kier molecular flexibility index (Phi) is 6.55. The van der Waals surface area contributed by atoms with Gasteiger partial charge in [-0.05, 0) is 110 Å². The standard InChI is InChI=1S/C53H32N2O/c1-31-9-6-11-37-30-46(42-15-8-26-54-52(42)49(31)37)36-21-23-40-35(29-36)19-18-34-27-33(20-22-39(34)40)32-10-7-12-38(28-32)51-45-25-24-43-41-13-3-5-17-48(41)56-53(43)50(45)44-14-2-4-16-47(44)55-51/h2-30H,1H3. The number of aromatic nitrogens is 2. The van der Waals surface area contributed by atoms with Crippen molar-refractivity contribution in [1.82, 2.24) is 9.97 Å². The molecule has 0 aliphatic carbocycles. The molecule has 0 radical (unpaired) electrons. The molecule has 12 aromatic rings. The highest BCUT2D eigenvalue weighted by Gasteiger charge is 2.18. The van der Waals surface area contributed by atoms with Crippen LogP contribution in [0.3, 0.4) is 0 Å². The molecule has 56 heavy (non-hydrogen) atoms. The number of hydrogen-bond donors (Lipinski definition) is 0. The van der Waals surface area contributed by atoms with Gasteiger partial charge in [0.25, 0.3) is 0 Å². The van der Waals surface area contributed by atoms with Gasteiger partial charge >= 0.3 is 0 Å². The molecule has 0 atom stereocenters. The van der Waals surface area contributed by atoms with Crippen LogP contribution in [0, 0.1) is 6.92 Å². The summed E-state index contributed by atoms with van der Waals surface area (Å²) in [7, 11) is 0. The molecule has 3 heteroatoms. The highest BCUT2D eigenvalue weighted by molar-refractivity contribution is 6.25. The van der Waals surface area contributed by atoms with E-state index in [4.69, 9.17) is 14.4 Å². The summed E-state index contributed by atoms with van der Waals surface area (Å²) in [4.78, 5) is 10.1. The summed E-state index contributed by atoms with van der Waals surface area (Å²) in [5, 5.41) is 14.1. The summed E-state index contributed by atoms with van der Waals surface area (Å²) >= 11 is 0. The van der Waals surface area contributed by atoms with Gasteiger partial charge in [-0.2, -0.15) is 0 Å². The third kappa shape index (κ3) is 4.58. The molecule has 9 aromatic carbocycles. The van der Waals surface area contributed by atoms with Crippen molar-refractivity contribution in [2.45, 2.75) is 6.92 Å². The second kappa shape index (κ2) is 11.8. The van der Waals surface area contributed by atoms with Gasteiger partial charge in [0, 0.05) is 49.5 Å². The molecule has 3 heterocycles.